The summed E-state index contributed by atoms with van der Waals surface area (Å²) in [6, 6.07) is 4.91. The molecule has 3 aliphatic rings. The first kappa shape index (κ1) is 20.3. The third kappa shape index (κ3) is 4.54. The number of nitrogens with zero attached hydrogens (tertiary/aromatic N) is 3. The summed E-state index contributed by atoms with van der Waals surface area (Å²) in [5, 5.41) is 6.71. The number of carbonyl (C=O) groups excluding carboxylic acids is 1. The van der Waals surface area contributed by atoms with Crippen LogP contribution in [0.3, 0.4) is 0 Å². The van der Waals surface area contributed by atoms with Crippen LogP contribution < -0.4 is 15.5 Å². The molecule has 2 bridgehead atoms. The van der Waals surface area contributed by atoms with Crippen LogP contribution in [0, 0.1) is 0 Å². The topological polar surface area (TPSA) is 88.6 Å². The molecule has 2 aromatic rings. The van der Waals surface area contributed by atoms with Crippen molar-refractivity contribution in [1.29, 1.82) is 0 Å². The normalized spacial score (nSPS) is 27.8. The number of benzene rings is 1. The lowest BCUT2D eigenvalue weighted by Gasteiger charge is -2.34. The molecule has 3 fully saturated rings. The summed E-state index contributed by atoms with van der Waals surface area (Å²) in [6.07, 6.45) is 10.0. The molecule has 1 aliphatic carbocycles. The lowest BCUT2D eigenvalue weighted by molar-refractivity contribution is 0.0305. The zero-order valence-electron chi connectivity index (χ0n) is 18.0. The molecule has 8 nitrogen and oxygen atoms in total. The van der Waals surface area contributed by atoms with Crippen LogP contribution in [0.2, 0.25) is 0 Å². The number of hydrogen-bond donors (Lipinski definition) is 2. The van der Waals surface area contributed by atoms with Gasteiger partial charge in [-0.2, -0.15) is 0 Å². The lowest BCUT2D eigenvalue weighted by atomic mass is 9.91. The molecule has 2 unspecified atom stereocenters. The van der Waals surface area contributed by atoms with Gasteiger partial charge in [0.25, 0.3) is 0 Å². The molecule has 1 amide bonds. The van der Waals surface area contributed by atoms with Crippen molar-refractivity contribution in [1.82, 2.24) is 15.3 Å². The quantitative estimate of drug-likeness (QED) is 0.758. The minimum absolute atomic E-state index is 0.184. The van der Waals surface area contributed by atoms with E-state index in [0.29, 0.717) is 24.9 Å². The third-order valence-electron chi connectivity index (χ3n) is 6.65. The summed E-state index contributed by atoms with van der Waals surface area (Å²) in [5.41, 5.74) is 4.06. The van der Waals surface area contributed by atoms with E-state index in [0.717, 1.165) is 68.3 Å². The maximum atomic E-state index is 11.7. The van der Waals surface area contributed by atoms with Gasteiger partial charge < -0.3 is 25.0 Å². The number of carbonyl (C=O) groups is 1. The molecule has 8 heteroatoms. The van der Waals surface area contributed by atoms with Gasteiger partial charge in [-0.1, -0.05) is 0 Å². The Morgan fingerprint density at radius 3 is 2.52 bits per heavy atom. The van der Waals surface area contributed by atoms with Crippen LogP contribution in [0.4, 0.5) is 16.2 Å². The van der Waals surface area contributed by atoms with Crippen molar-refractivity contribution in [3.05, 3.63) is 24.5 Å². The Hall–Kier alpha value is -2.61. The van der Waals surface area contributed by atoms with Crippen LogP contribution in [0.5, 0.6) is 0 Å². The van der Waals surface area contributed by atoms with Crippen molar-refractivity contribution in [2.45, 2.75) is 69.7 Å². The van der Waals surface area contributed by atoms with E-state index in [1.807, 2.05) is 6.92 Å². The number of rotatable bonds is 5. The number of hydrogen-bond acceptors (Lipinski definition) is 7. The van der Waals surface area contributed by atoms with E-state index in [1.165, 1.54) is 5.69 Å². The number of ether oxygens (including phenoxy) is 2. The van der Waals surface area contributed by atoms with Crippen LogP contribution in [0.1, 0.15) is 45.4 Å². The van der Waals surface area contributed by atoms with Gasteiger partial charge in [0, 0.05) is 43.3 Å². The molecule has 3 heterocycles. The zero-order chi connectivity index (χ0) is 21.2. The van der Waals surface area contributed by atoms with Crippen molar-refractivity contribution in [2.75, 3.05) is 29.9 Å². The molecule has 1 aromatic carbocycles. The Kier molecular flexibility index (Phi) is 5.80. The number of morpholine rings is 1. The molecule has 5 rings (SSSR count). The van der Waals surface area contributed by atoms with E-state index < -0.39 is 0 Å². The van der Waals surface area contributed by atoms with Crippen molar-refractivity contribution < 1.29 is 14.3 Å². The predicted molar refractivity (Wildman–Crippen MR) is 119 cm³/mol. The third-order valence-corrected chi connectivity index (χ3v) is 6.65. The SMILES string of the molecule is CCOC(=O)N[C@H]1CC[C@@H](Nc2cc(N3CC4CCC(C3)O4)cc3nccnc23)CC1. The highest BCUT2D eigenvalue weighted by atomic mass is 16.5. The lowest BCUT2D eigenvalue weighted by Crippen LogP contribution is -2.42. The van der Waals surface area contributed by atoms with Crippen LogP contribution in [0.25, 0.3) is 11.0 Å². The first-order valence-electron chi connectivity index (χ1n) is 11.5. The fourth-order valence-electron chi connectivity index (χ4n) is 5.12. The van der Waals surface area contributed by atoms with Gasteiger partial charge in [-0.05, 0) is 57.6 Å². The van der Waals surface area contributed by atoms with Crippen LogP contribution >= 0.6 is 0 Å². The maximum absolute atomic E-state index is 11.7. The standard InChI is InChI=1S/C23H31N5O3/c1-2-30-23(29)27-16-5-3-15(4-6-16)26-21-12-17(11-20-22(21)25-10-9-24-20)28-13-18-7-8-19(14-28)31-18/h9-12,15-16,18-19,26H,2-8,13-14H2,1H3,(H,27,29)/t15-,16+,18?,19?. The largest absolute Gasteiger partial charge is 0.450 e. The van der Waals surface area contributed by atoms with Gasteiger partial charge in [0.15, 0.2) is 0 Å². The van der Waals surface area contributed by atoms with Crippen LogP contribution in [-0.4, -0.2) is 60.0 Å². The second-order valence-corrected chi connectivity index (χ2v) is 8.84. The Morgan fingerprint density at radius 1 is 1.06 bits per heavy atom. The molecule has 0 spiro atoms. The van der Waals surface area contributed by atoms with Gasteiger partial charge in [-0.25, -0.2) is 4.79 Å². The number of fused-ring (bicyclic) bond motifs is 3. The van der Waals surface area contributed by atoms with Gasteiger partial charge in [-0.15, -0.1) is 0 Å². The summed E-state index contributed by atoms with van der Waals surface area (Å²) in [4.78, 5) is 23.3. The molecule has 2 saturated heterocycles. The Balaban J connectivity index is 1.30. The molecular weight excluding hydrogens is 394 g/mol. The van der Waals surface area contributed by atoms with Crippen molar-refractivity contribution in [3.63, 3.8) is 0 Å². The maximum Gasteiger partial charge on any atom is 0.407 e. The molecule has 2 aliphatic heterocycles. The van der Waals surface area contributed by atoms with Gasteiger partial charge >= 0.3 is 6.09 Å². The number of alkyl carbamates (subject to hydrolysis) is 1. The minimum Gasteiger partial charge on any atom is -0.450 e. The van der Waals surface area contributed by atoms with E-state index in [-0.39, 0.29) is 12.1 Å². The molecule has 1 aromatic heterocycles. The Bertz CT molecular complexity index is 919. The predicted octanol–water partition coefficient (Wildman–Crippen LogP) is 3.47. The fourth-order valence-corrected chi connectivity index (χ4v) is 5.12. The number of aromatic nitrogens is 2. The molecule has 2 N–H and O–H groups in total. The summed E-state index contributed by atoms with van der Waals surface area (Å²) in [6.45, 7) is 4.10. The highest BCUT2D eigenvalue weighted by Crippen LogP contribution is 2.34. The van der Waals surface area contributed by atoms with E-state index in [2.05, 4.69) is 37.6 Å². The zero-order valence-corrected chi connectivity index (χ0v) is 18.0. The summed E-state index contributed by atoms with van der Waals surface area (Å²) >= 11 is 0. The van der Waals surface area contributed by atoms with E-state index in [4.69, 9.17) is 9.47 Å². The number of anilines is 2. The van der Waals surface area contributed by atoms with Crippen molar-refractivity contribution in [2.24, 2.45) is 0 Å². The molecule has 0 radical (unpaired) electrons. The number of amides is 1. The van der Waals surface area contributed by atoms with Crippen molar-refractivity contribution >= 4 is 28.5 Å². The van der Waals surface area contributed by atoms with E-state index in [1.54, 1.807) is 12.4 Å². The monoisotopic (exact) mass is 425 g/mol. The second-order valence-electron chi connectivity index (χ2n) is 8.84. The van der Waals surface area contributed by atoms with Gasteiger partial charge in [0.05, 0.1) is 30.0 Å². The van der Waals surface area contributed by atoms with Crippen LogP contribution in [0.15, 0.2) is 24.5 Å². The second kappa shape index (κ2) is 8.86. The van der Waals surface area contributed by atoms with E-state index in [9.17, 15) is 4.79 Å². The molecular formula is C23H31N5O3. The average molecular weight is 426 g/mol. The average Bonchev–Trinajstić information content (AvgIpc) is 3.12. The molecule has 31 heavy (non-hydrogen) atoms. The first-order chi connectivity index (χ1) is 15.2. The fraction of sp³-hybridized carbons (Fsp3) is 0.609. The Labute approximate surface area is 182 Å². The van der Waals surface area contributed by atoms with E-state index >= 15 is 0 Å². The summed E-state index contributed by atoms with van der Waals surface area (Å²) < 4.78 is 11.0. The molecule has 1 saturated carbocycles. The minimum atomic E-state index is -0.313. The summed E-state index contributed by atoms with van der Waals surface area (Å²) in [7, 11) is 0. The number of nitrogens with one attached hydrogen (secondary N) is 2. The van der Waals surface area contributed by atoms with Gasteiger partial charge in [0.1, 0.15) is 5.52 Å². The smallest absolute Gasteiger partial charge is 0.407 e. The van der Waals surface area contributed by atoms with Crippen molar-refractivity contribution in [3.8, 4) is 0 Å². The Morgan fingerprint density at radius 2 is 1.77 bits per heavy atom. The first-order valence-corrected chi connectivity index (χ1v) is 11.5. The molecule has 166 valence electrons. The summed E-state index contributed by atoms with van der Waals surface area (Å²) in [5.74, 6) is 0. The molecule has 2 atom stereocenters. The van der Waals surface area contributed by atoms with Gasteiger partial charge in [0.2, 0.25) is 0 Å². The van der Waals surface area contributed by atoms with Gasteiger partial charge in [-0.3, -0.25) is 9.97 Å². The van der Waals surface area contributed by atoms with Crippen LogP contribution in [-0.2, 0) is 9.47 Å². The highest BCUT2D eigenvalue weighted by Gasteiger charge is 2.34. The highest BCUT2D eigenvalue weighted by molar-refractivity contribution is 5.91.